The highest BCUT2D eigenvalue weighted by molar-refractivity contribution is 5.72. The topological polar surface area (TPSA) is 35.2 Å². The van der Waals surface area contributed by atoms with Crippen LogP contribution in [0.3, 0.4) is 0 Å². The van der Waals surface area contributed by atoms with Crippen LogP contribution in [0.4, 0.5) is 4.39 Å². The van der Waals surface area contributed by atoms with Gasteiger partial charge in [-0.2, -0.15) is 0 Å². The van der Waals surface area contributed by atoms with Gasteiger partial charge in [-0.3, -0.25) is 0 Å². The van der Waals surface area contributed by atoms with E-state index in [9.17, 15) is 4.39 Å². The average Bonchev–Trinajstić information content (AvgIpc) is 2.65. The molecule has 0 saturated carbocycles. The van der Waals surface area contributed by atoms with E-state index in [1.54, 1.807) is 13.2 Å². The van der Waals surface area contributed by atoms with Crippen LogP contribution >= 0.6 is 0 Å². The highest BCUT2D eigenvalue weighted by Crippen LogP contribution is 2.33. The van der Waals surface area contributed by atoms with Crippen LogP contribution in [0.2, 0.25) is 0 Å². The fraction of sp³-hybridized carbons (Fsp3) is 0.333. The minimum atomic E-state index is -0.243. The molecule has 0 aromatic heterocycles. The molecule has 1 aromatic rings. The molecule has 0 aliphatic heterocycles. The minimum absolute atomic E-state index is 0.0907. The molecular formula is C12H14FNO. The first-order chi connectivity index (χ1) is 7.20. The molecule has 2 rings (SSSR count). The summed E-state index contributed by atoms with van der Waals surface area (Å²) in [5.41, 5.74) is 7.69. The van der Waals surface area contributed by atoms with Crippen molar-refractivity contribution in [1.29, 1.82) is 0 Å². The predicted molar refractivity (Wildman–Crippen MR) is 58.1 cm³/mol. The normalized spacial score (nSPS) is 20.2. The van der Waals surface area contributed by atoms with Crippen molar-refractivity contribution in [2.75, 3.05) is 7.11 Å². The summed E-state index contributed by atoms with van der Waals surface area (Å²) >= 11 is 0. The zero-order valence-electron chi connectivity index (χ0n) is 8.66. The van der Waals surface area contributed by atoms with Crippen molar-refractivity contribution >= 4 is 5.57 Å². The van der Waals surface area contributed by atoms with Gasteiger partial charge in [-0.25, -0.2) is 4.39 Å². The summed E-state index contributed by atoms with van der Waals surface area (Å²) in [6.45, 7) is 0. The molecule has 0 spiro atoms. The number of ether oxygens (including phenoxy) is 1. The largest absolute Gasteiger partial charge is 0.496 e. The van der Waals surface area contributed by atoms with Gasteiger partial charge >= 0.3 is 0 Å². The fourth-order valence-corrected chi connectivity index (χ4v) is 1.90. The number of hydrogen-bond donors (Lipinski definition) is 1. The molecule has 0 bridgehead atoms. The highest BCUT2D eigenvalue weighted by Gasteiger charge is 2.16. The van der Waals surface area contributed by atoms with Gasteiger partial charge in [0.2, 0.25) is 0 Å². The van der Waals surface area contributed by atoms with E-state index in [1.165, 1.54) is 12.1 Å². The summed E-state index contributed by atoms with van der Waals surface area (Å²) in [6.07, 6.45) is 3.80. The van der Waals surface area contributed by atoms with Gasteiger partial charge in [0.25, 0.3) is 0 Å². The van der Waals surface area contributed by atoms with Crippen LogP contribution in [0.1, 0.15) is 18.4 Å². The molecule has 1 aromatic carbocycles. The summed E-state index contributed by atoms with van der Waals surface area (Å²) in [7, 11) is 1.59. The zero-order chi connectivity index (χ0) is 10.8. The molecule has 1 unspecified atom stereocenters. The molecule has 1 aliphatic rings. The van der Waals surface area contributed by atoms with Crippen molar-refractivity contribution in [2.24, 2.45) is 5.73 Å². The molecule has 2 N–H and O–H groups in total. The number of allylic oxidation sites excluding steroid dienone is 1. The van der Waals surface area contributed by atoms with Crippen LogP contribution in [0.5, 0.6) is 5.75 Å². The van der Waals surface area contributed by atoms with E-state index < -0.39 is 0 Å². The van der Waals surface area contributed by atoms with Gasteiger partial charge in [0.15, 0.2) is 0 Å². The molecule has 15 heavy (non-hydrogen) atoms. The first kappa shape index (κ1) is 10.2. The zero-order valence-corrected chi connectivity index (χ0v) is 8.66. The lowest BCUT2D eigenvalue weighted by Gasteiger charge is -2.08. The van der Waals surface area contributed by atoms with E-state index >= 15 is 0 Å². The Morgan fingerprint density at radius 3 is 2.87 bits per heavy atom. The van der Waals surface area contributed by atoms with E-state index in [0.29, 0.717) is 5.75 Å². The molecule has 0 radical (unpaired) electrons. The van der Waals surface area contributed by atoms with E-state index in [2.05, 4.69) is 0 Å². The SMILES string of the molecule is COc1ccc(F)cc1C1=CC(N)CC1. The number of hydrogen-bond acceptors (Lipinski definition) is 2. The Morgan fingerprint density at radius 1 is 1.47 bits per heavy atom. The van der Waals surface area contributed by atoms with E-state index in [0.717, 1.165) is 24.0 Å². The monoisotopic (exact) mass is 207 g/mol. The van der Waals surface area contributed by atoms with Crippen molar-refractivity contribution in [3.8, 4) is 5.75 Å². The summed E-state index contributed by atoms with van der Waals surface area (Å²) in [5.74, 6) is 0.462. The summed E-state index contributed by atoms with van der Waals surface area (Å²) in [6, 6.07) is 4.64. The van der Waals surface area contributed by atoms with Crippen molar-refractivity contribution in [3.05, 3.63) is 35.7 Å². The number of nitrogens with two attached hydrogens (primary N) is 1. The lowest BCUT2D eigenvalue weighted by atomic mass is 10.0. The Morgan fingerprint density at radius 2 is 2.27 bits per heavy atom. The molecule has 80 valence electrons. The lowest BCUT2D eigenvalue weighted by Crippen LogP contribution is -2.11. The number of methoxy groups -OCH3 is 1. The van der Waals surface area contributed by atoms with E-state index in [1.807, 2.05) is 6.08 Å². The molecule has 0 amide bonds. The molecule has 3 heteroatoms. The van der Waals surface area contributed by atoms with Crippen LogP contribution in [0.25, 0.3) is 5.57 Å². The number of rotatable bonds is 2. The number of benzene rings is 1. The number of halogens is 1. The van der Waals surface area contributed by atoms with Gasteiger partial charge in [-0.15, -0.1) is 0 Å². The highest BCUT2D eigenvalue weighted by atomic mass is 19.1. The summed E-state index contributed by atoms with van der Waals surface area (Å²) in [5, 5.41) is 0. The molecular weight excluding hydrogens is 193 g/mol. The minimum Gasteiger partial charge on any atom is -0.496 e. The molecule has 0 saturated heterocycles. The molecule has 2 nitrogen and oxygen atoms in total. The fourth-order valence-electron chi connectivity index (χ4n) is 1.90. The lowest BCUT2D eigenvalue weighted by molar-refractivity contribution is 0.412. The maximum atomic E-state index is 13.1. The molecule has 1 aliphatic carbocycles. The van der Waals surface area contributed by atoms with E-state index in [-0.39, 0.29) is 11.9 Å². The second-order valence-electron chi connectivity index (χ2n) is 3.74. The van der Waals surface area contributed by atoms with Crippen LogP contribution < -0.4 is 10.5 Å². The van der Waals surface area contributed by atoms with Gasteiger partial charge in [0.1, 0.15) is 11.6 Å². The van der Waals surface area contributed by atoms with Crippen LogP contribution in [-0.4, -0.2) is 13.2 Å². The Bertz CT molecular complexity index is 401. The van der Waals surface area contributed by atoms with Crippen LogP contribution in [0, 0.1) is 5.82 Å². The maximum absolute atomic E-state index is 13.1. The average molecular weight is 207 g/mol. The van der Waals surface area contributed by atoms with E-state index in [4.69, 9.17) is 10.5 Å². The Balaban J connectivity index is 2.42. The summed E-state index contributed by atoms with van der Waals surface area (Å²) < 4.78 is 18.3. The first-order valence-electron chi connectivity index (χ1n) is 5.01. The third kappa shape index (κ3) is 2.02. The predicted octanol–water partition coefficient (Wildman–Crippen LogP) is 2.34. The van der Waals surface area contributed by atoms with Crippen LogP contribution in [0.15, 0.2) is 24.3 Å². The Kier molecular flexibility index (Phi) is 2.73. The second-order valence-corrected chi connectivity index (χ2v) is 3.74. The molecule has 1 atom stereocenters. The van der Waals surface area contributed by atoms with Gasteiger partial charge in [0, 0.05) is 11.6 Å². The van der Waals surface area contributed by atoms with Crippen LogP contribution in [-0.2, 0) is 0 Å². The third-order valence-electron chi connectivity index (χ3n) is 2.67. The first-order valence-corrected chi connectivity index (χ1v) is 5.01. The van der Waals surface area contributed by atoms with Gasteiger partial charge < -0.3 is 10.5 Å². The standard InChI is InChI=1S/C12H14FNO/c1-15-12-5-3-9(13)7-11(12)8-2-4-10(14)6-8/h3,5-7,10H,2,4,14H2,1H3. The van der Waals surface area contributed by atoms with Crippen molar-refractivity contribution in [2.45, 2.75) is 18.9 Å². The molecule has 0 fully saturated rings. The smallest absolute Gasteiger partial charge is 0.126 e. The van der Waals surface area contributed by atoms with Crippen molar-refractivity contribution in [1.82, 2.24) is 0 Å². The quantitative estimate of drug-likeness (QED) is 0.807. The van der Waals surface area contributed by atoms with Gasteiger partial charge in [0.05, 0.1) is 7.11 Å². The molecule has 0 heterocycles. The van der Waals surface area contributed by atoms with Gasteiger partial charge in [-0.05, 0) is 36.6 Å². The Labute approximate surface area is 88.5 Å². The summed E-state index contributed by atoms with van der Waals surface area (Å²) in [4.78, 5) is 0. The van der Waals surface area contributed by atoms with Crippen molar-refractivity contribution in [3.63, 3.8) is 0 Å². The Hall–Kier alpha value is -1.35. The van der Waals surface area contributed by atoms with Gasteiger partial charge in [-0.1, -0.05) is 6.08 Å². The van der Waals surface area contributed by atoms with Crippen molar-refractivity contribution < 1.29 is 9.13 Å². The maximum Gasteiger partial charge on any atom is 0.126 e. The third-order valence-corrected chi connectivity index (χ3v) is 2.67. The second kappa shape index (κ2) is 4.03.